The summed E-state index contributed by atoms with van der Waals surface area (Å²) in [7, 11) is 0. The van der Waals surface area contributed by atoms with Gasteiger partial charge in [-0.1, -0.05) is 0 Å². The third-order valence-electron chi connectivity index (χ3n) is 3.30. The molecule has 0 aromatic carbocycles. The number of nitrogens with one attached hydrogen (secondary N) is 1. The van der Waals surface area contributed by atoms with Crippen LogP contribution in [-0.4, -0.2) is 27.0 Å². The second-order valence-electron chi connectivity index (χ2n) is 5.00. The van der Waals surface area contributed by atoms with Crippen molar-refractivity contribution >= 4 is 11.6 Å². The highest BCUT2D eigenvalue weighted by Gasteiger charge is 2.37. The maximum atomic E-state index is 13.2. The summed E-state index contributed by atoms with van der Waals surface area (Å²) >= 11 is 0. The fourth-order valence-corrected chi connectivity index (χ4v) is 2.15. The van der Waals surface area contributed by atoms with Crippen LogP contribution >= 0.6 is 0 Å². The molecule has 3 rings (SSSR count). The lowest BCUT2D eigenvalue weighted by molar-refractivity contribution is -0.142. The smallest absolute Gasteiger partial charge is 0.351 e. The first kappa shape index (κ1) is 13.8. The van der Waals surface area contributed by atoms with Gasteiger partial charge in [0.2, 0.25) is 0 Å². The molecule has 0 bridgehead atoms. The molecule has 112 valence electrons. The molecular weight excluding hydrogens is 285 g/mol. The maximum absolute atomic E-state index is 13.2. The number of hydrogen-bond acceptors (Lipinski definition) is 3. The van der Waals surface area contributed by atoms with Gasteiger partial charge in [-0.15, -0.1) is 0 Å². The fourth-order valence-electron chi connectivity index (χ4n) is 2.15. The van der Waals surface area contributed by atoms with Crippen molar-refractivity contribution in [3.05, 3.63) is 29.2 Å². The van der Waals surface area contributed by atoms with Crippen molar-refractivity contribution in [3.8, 4) is 0 Å². The van der Waals surface area contributed by atoms with Crippen LogP contribution in [0.4, 0.5) is 13.2 Å². The Morgan fingerprint density at radius 3 is 2.71 bits per heavy atom. The predicted octanol–water partition coefficient (Wildman–Crippen LogP) is 2.38. The average Bonchev–Trinajstić information content (AvgIpc) is 3.15. The Labute approximate surface area is 118 Å². The number of carbonyl (C=O) groups is 1. The predicted molar refractivity (Wildman–Crippen MR) is 68.0 cm³/mol. The largest absolute Gasteiger partial charge is 0.433 e. The van der Waals surface area contributed by atoms with Crippen molar-refractivity contribution in [1.29, 1.82) is 0 Å². The molecule has 2 aromatic rings. The minimum Gasteiger partial charge on any atom is -0.351 e. The lowest BCUT2D eigenvalue weighted by atomic mass is 10.2. The van der Waals surface area contributed by atoms with Gasteiger partial charge in [0.05, 0.1) is 0 Å². The van der Waals surface area contributed by atoms with Crippen LogP contribution in [0.15, 0.2) is 12.1 Å². The highest BCUT2D eigenvalue weighted by Crippen LogP contribution is 2.41. The molecule has 21 heavy (non-hydrogen) atoms. The second-order valence-corrected chi connectivity index (χ2v) is 5.00. The van der Waals surface area contributed by atoms with Gasteiger partial charge in [0.1, 0.15) is 5.69 Å². The van der Waals surface area contributed by atoms with E-state index in [-0.39, 0.29) is 17.3 Å². The molecular formula is C13H13F3N4O. The van der Waals surface area contributed by atoms with Crippen LogP contribution in [0.1, 0.15) is 47.6 Å². The number of alkyl halides is 3. The van der Waals surface area contributed by atoms with Gasteiger partial charge in [-0.2, -0.15) is 18.3 Å². The first-order valence-corrected chi connectivity index (χ1v) is 6.66. The van der Waals surface area contributed by atoms with Gasteiger partial charge < -0.3 is 5.32 Å². The van der Waals surface area contributed by atoms with Crippen molar-refractivity contribution in [3.63, 3.8) is 0 Å². The zero-order chi connectivity index (χ0) is 15.2. The summed E-state index contributed by atoms with van der Waals surface area (Å²) in [6, 6.07) is 2.31. The number of fused-ring (bicyclic) bond motifs is 1. The van der Waals surface area contributed by atoms with Crippen LogP contribution in [-0.2, 0) is 6.18 Å². The Hall–Kier alpha value is -2.12. The van der Waals surface area contributed by atoms with Crippen LogP contribution in [0, 0.1) is 0 Å². The zero-order valence-corrected chi connectivity index (χ0v) is 11.2. The number of hydrogen-bond donors (Lipinski definition) is 1. The van der Waals surface area contributed by atoms with Crippen molar-refractivity contribution < 1.29 is 18.0 Å². The molecule has 5 nitrogen and oxygen atoms in total. The Bertz CT molecular complexity index is 703. The van der Waals surface area contributed by atoms with Crippen LogP contribution in [0.5, 0.6) is 0 Å². The lowest BCUT2D eigenvalue weighted by Crippen LogP contribution is -2.23. The van der Waals surface area contributed by atoms with Gasteiger partial charge in [-0.3, -0.25) is 4.79 Å². The summed E-state index contributed by atoms with van der Waals surface area (Å²) in [5, 5.41) is 6.25. The molecule has 0 atom stereocenters. The number of amides is 1. The van der Waals surface area contributed by atoms with E-state index < -0.39 is 17.8 Å². The summed E-state index contributed by atoms with van der Waals surface area (Å²) in [4.78, 5) is 15.9. The molecule has 0 aliphatic heterocycles. The number of nitrogens with zero attached hydrogens (tertiary/aromatic N) is 3. The van der Waals surface area contributed by atoms with Crippen LogP contribution in [0.25, 0.3) is 5.65 Å². The van der Waals surface area contributed by atoms with E-state index in [1.807, 2.05) is 0 Å². The number of halogens is 3. The molecule has 0 saturated heterocycles. The van der Waals surface area contributed by atoms with E-state index in [0.29, 0.717) is 16.8 Å². The lowest BCUT2D eigenvalue weighted by Gasteiger charge is -2.10. The standard InChI is InChI=1S/C13H13F3N4O/c1-2-17-12(21)9-6-11-18-8(7-3-4-7)5-10(13(14,15)16)20(11)19-9/h5-7H,2-4H2,1H3,(H,17,21). The topological polar surface area (TPSA) is 59.3 Å². The molecule has 0 spiro atoms. The quantitative estimate of drug-likeness (QED) is 0.946. The first-order chi connectivity index (χ1) is 9.90. The fraction of sp³-hybridized carbons (Fsp3) is 0.462. The Morgan fingerprint density at radius 2 is 2.14 bits per heavy atom. The number of carbonyl (C=O) groups excluding carboxylic acids is 1. The third-order valence-corrected chi connectivity index (χ3v) is 3.30. The molecule has 1 amide bonds. The van der Waals surface area contributed by atoms with Gasteiger partial charge in [0.25, 0.3) is 5.91 Å². The molecule has 1 aliphatic carbocycles. The second kappa shape index (κ2) is 4.71. The molecule has 2 heterocycles. The van der Waals surface area contributed by atoms with Crippen LogP contribution in [0.3, 0.4) is 0 Å². The minimum absolute atomic E-state index is 0.0491. The third kappa shape index (κ3) is 2.57. The summed E-state index contributed by atoms with van der Waals surface area (Å²) in [5.74, 6) is -0.428. The average molecular weight is 298 g/mol. The van der Waals surface area contributed by atoms with E-state index >= 15 is 0 Å². The van der Waals surface area contributed by atoms with Gasteiger partial charge in [-0.25, -0.2) is 9.50 Å². The molecule has 1 fully saturated rings. The van der Waals surface area contributed by atoms with E-state index in [1.165, 1.54) is 6.07 Å². The molecule has 2 aromatic heterocycles. The Kier molecular flexibility index (Phi) is 3.11. The molecule has 1 aliphatic rings. The minimum atomic E-state index is -4.55. The maximum Gasteiger partial charge on any atom is 0.433 e. The van der Waals surface area contributed by atoms with Gasteiger partial charge in [0, 0.05) is 24.2 Å². The molecule has 0 radical (unpaired) electrons. The number of rotatable bonds is 3. The van der Waals surface area contributed by atoms with E-state index in [9.17, 15) is 18.0 Å². The summed E-state index contributed by atoms with van der Waals surface area (Å²) in [6.45, 7) is 2.10. The highest BCUT2D eigenvalue weighted by atomic mass is 19.4. The van der Waals surface area contributed by atoms with E-state index in [2.05, 4.69) is 15.4 Å². The van der Waals surface area contributed by atoms with Crippen molar-refractivity contribution in [2.45, 2.75) is 31.9 Å². The van der Waals surface area contributed by atoms with Crippen molar-refractivity contribution in [2.75, 3.05) is 6.54 Å². The van der Waals surface area contributed by atoms with Crippen molar-refractivity contribution in [1.82, 2.24) is 19.9 Å². The Balaban J connectivity index is 2.15. The SMILES string of the molecule is CCNC(=O)c1cc2nc(C3CC3)cc(C(F)(F)F)n2n1. The molecule has 0 unspecified atom stereocenters. The van der Waals surface area contributed by atoms with E-state index in [4.69, 9.17) is 0 Å². The number of aromatic nitrogens is 3. The summed E-state index contributed by atoms with van der Waals surface area (Å²) < 4.78 is 40.1. The van der Waals surface area contributed by atoms with Gasteiger partial charge in [-0.05, 0) is 25.8 Å². The molecule has 8 heteroatoms. The summed E-state index contributed by atoms with van der Waals surface area (Å²) in [5.41, 5.74) is -0.502. The first-order valence-electron chi connectivity index (χ1n) is 6.66. The Morgan fingerprint density at radius 1 is 1.43 bits per heavy atom. The van der Waals surface area contributed by atoms with Crippen LogP contribution < -0.4 is 5.32 Å². The monoisotopic (exact) mass is 298 g/mol. The normalized spacial score (nSPS) is 15.4. The van der Waals surface area contributed by atoms with E-state index in [0.717, 1.165) is 18.9 Å². The summed E-state index contributed by atoms with van der Waals surface area (Å²) in [6.07, 6.45) is -2.86. The van der Waals surface area contributed by atoms with Crippen molar-refractivity contribution in [2.24, 2.45) is 0 Å². The molecule has 1 saturated carbocycles. The highest BCUT2D eigenvalue weighted by molar-refractivity contribution is 5.93. The van der Waals surface area contributed by atoms with Gasteiger partial charge in [0.15, 0.2) is 11.3 Å². The zero-order valence-electron chi connectivity index (χ0n) is 11.2. The molecule has 1 N–H and O–H groups in total. The van der Waals surface area contributed by atoms with Gasteiger partial charge >= 0.3 is 6.18 Å². The van der Waals surface area contributed by atoms with Crippen LogP contribution in [0.2, 0.25) is 0 Å². The van der Waals surface area contributed by atoms with E-state index in [1.54, 1.807) is 6.92 Å².